The smallest absolute Gasteiger partial charge is 0.169 e. The Morgan fingerprint density at radius 3 is 2.38 bits per heavy atom. The molecule has 1 spiro atoms. The lowest BCUT2D eigenvalue weighted by molar-refractivity contribution is -0.251. The van der Waals surface area contributed by atoms with Gasteiger partial charge in [0.2, 0.25) is 0 Å². The van der Waals surface area contributed by atoms with Crippen molar-refractivity contribution in [3.05, 3.63) is 12.7 Å². The second-order valence-electron chi connectivity index (χ2n) is 11.9. The van der Waals surface area contributed by atoms with Gasteiger partial charge in [0.05, 0.1) is 18.8 Å². The Morgan fingerprint density at radius 2 is 1.69 bits per heavy atom. The summed E-state index contributed by atoms with van der Waals surface area (Å²) in [4.78, 5) is 0. The van der Waals surface area contributed by atoms with Crippen LogP contribution in [0.1, 0.15) is 79.1 Å². The third-order valence-corrected chi connectivity index (χ3v) is 11.3. The molecule has 1 saturated heterocycles. The van der Waals surface area contributed by atoms with Gasteiger partial charge in [-0.05, 0) is 78.9 Å². The van der Waals surface area contributed by atoms with E-state index in [1.165, 1.54) is 32.1 Å². The highest BCUT2D eigenvalue weighted by atomic mass is 16.7. The molecule has 0 radical (unpaired) electrons. The molecule has 1 aliphatic heterocycles. The largest absolute Gasteiger partial charge is 0.389 e. The molecule has 3 nitrogen and oxygen atoms in total. The molecular formula is C26H42O3. The number of ether oxygens (including phenoxy) is 2. The van der Waals surface area contributed by atoms with Crippen molar-refractivity contribution < 1.29 is 14.6 Å². The standard InChI is InChI=1S/C26H42O3/c1-6-17(2)26(27)12-10-21-20-8-7-19-16-25(28-13-14-29-25)15-18(3)24(19,5)22(20)9-11-23(21,26)4/h6,17-22,27H,1,7-16H2,2-5H3/t17?,18-,19-,20-,21-,22-,23-,24-,26-/m0/s1. The SMILES string of the molecule is C=CC(C)[C@@]1(O)CC[C@H]2[C@@H]3CC[C@H]4CC5(C[C@H](C)[C@]4(C)[C@H]3CC[C@@]21C)OCCO5. The molecule has 1 unspecified atom stereocenters. The Morgan fingerprint density at radius 1 is 1.00 bits per heavy atom. The summed E-state index contributed by atoms with van der Waals surface area (Å²) in [6.07, 6.45) is 11.4. The van der Waals surface area contributed by atoms with Gasteiger partial charge in [-0.15, -0.1) is 6.58 Å². The fraction of sp³-hybridized carbons (Fsp3) is 0.923. The summed E-state index contributed by atoms with van der Waals surface area (Å²) >= 11 is 0. The van der Waals surface area contributed by atoms with Gasteiger partial charge in [0.1, 0.15) is 0 Å². The van der Waals surface area contributed by atoms with Crippen LogP contribution in [0, 0.1) is 46.3 Å². The molecule has 4 saturated carbocycles. The first-order valence-electron chi connectivity index (χ1n) is 12.3. The van der Waals surface area contributed by atoms with Crippen molar-refractivity contribution in [3.8, 4) is 0 Å². The summed E-state index contributed by atoms with van der Waals surface area (Å²) in [6.45, 7) is 15.2. The summed E-state index contributed by atoms with van der Waals surface area (Å²) in [5, 5.41) is 11.8. The molecular weight excluding hydrogens is 360 g/mol. The first-order chi connectivity index (χ1) is 13.7. The highest BCUT2D eigenvalue weighted by Gasteiger charge is 2.67. The van der Waals surface area contributed by atoms with E-state index in [9.17, 15) is 5.11 Å². The summed E-state index contributed by atoms with van der Waals surface area (Å²) < 4.78 is 12.3. The van der Waals surface area contributed by atoms with E-state index in [1.807, 2.05) is 6.08 Å². The normalized spacial score (nSPS) is 54.4. The van der Waals surface area contributed by atoms with E-state index in [0.717, 1.165) is 44.3 Å². The van der Waals surface area contributed by atoms with E-state index >= 15 is 0 Å². The number of rotatable bonds is 2. The molecule has 9 atom stereocenters. The van der Waals surface area contributed by atoms with Gasteiger partial charge in [0.15, 0.2) is 5.79 Å². The summed E-state index contributed by atoms with van der Waals surface area (Å²) in [6, 6.07) is 0. The number of aliphatic hydroxyl groups is 1. The zero-order chi connectivity index (χ0) is 20.7. The van der Waals surface area contributed by atoms with Crippen molar-refractivity contribution in [1.82, 2.24) is 0 Å². The first-order valence-corrected chi connectivity index (χ1v) is 12.3. The molecule has 0 bridgehead atoms. The molecule has 1 N–H and O–H groups in total. The van der Waals surface area contributed by atoms with Crippen molar-refractivity contribution in [2.45, 2.75) is 90.4 Å². The van der Waals surface area contributed by atoms with Crippen LogP contribution < -0.4 is 0 Å². The van der Waals surface area contributed by atoms with Crippen LogP contribution in [-0.2, 0) is 9.47 Å². The average Bonchev–Trinajstić information content (AvgIpc) is 3.25. The van der Waals surface area contributed by atoms with Gasteiger partial charge in [-0.25, -0.2) is 0 Å². The summed E-state index contributed by atoms with van der Waals surface area (Å²) in [5.41, 5.74) is -0.146. The second kappa shape index (κ2) is 6.56. The summed E-state index contributed by atoms with van der Waals surface area (Å²) in [7, 11) is 0. The zero-order valence-corrected chi connectivity index (χ0v) is 19.1. The van der Waals surface area contributed by atoms with Gasteiger partial charge in [-0.3, -0.25) is 0 Å². The van der Waals surface area contributed by atoms with Crippen LogP contribution in [0.5, 0.6) is 0 Å². The highest BCUT2D eigenvalue weighted by Crippen LogP contribution is 2.70. The van der Waals surface area contributed by atoms with Crippen LogP contribution >= 0.6 is 0 Å². The number of hydrogen-bond donors (Lipinski definition) is 1. The molecule has 164 valence electrons. The monoisotopic (exact) mass is 402 g/mol. The van der Waals surface area contributed by atoms with Gasteiger partial charge in [-0.2, -0.15) is 0 Å². The molecule has 0 aromatic rings. The molecule has 5 aliphatic rings. The van der Waals surface area contributed by atoms with Crippen molar-refractivity contribution in [2.24, 2.45) is 46.3 Å². The van der Waals surface area contributed by atoms with E-state index < -0.39 is 5.60 Å². The Labute approximate surface area is 177 Å². The fourth-order valence-electron chi connectivity index (χ4n) is 9.43. The highest BCUT2D eigenvalue weighted by molar-refractivity contribution is 5.17. The first kappa shape index (κ1) is 20.5. The predicted molar refractivity (Wildman–Crippen MR) is 115 cm³/mol. The van der Waals surface area contributed by atoms with Crippen LogP contribution in [0.4, 0.5) is 0 Å². The average molecular weight is 403 g/mol. The van der Waals surface area contributed by atoms with Crippen LogP contribution in [0.3, 0.4) is 0 Å². The lowest BCUT2D eigenvalue weighted by Crippen LogP contribution is -2.61. The third kappa shape index (κ3) is 2.53. The van der Waals surface area contributed by atoms with E-state index in [4.69, 9.17) is 9.47 Å². The maximum atomic E-state index is 11.8. The quantitative estimate of drug-likeness (QED) is 0.614. The van der Waals surface area contributed by atoms with Gasteiger partial charge in [-0.1, -0.05) is 33.8 Å². The van der Waals surface area contributed by atoms with E-state index in [1.54, 1.807) is 0 Å². The molecule has 5 fully saturated rings. The maximum absolute atomic E-state index is 11.8. The van der Waals surface area contributed by atoms with E-state index in [-0.39, 0.29) is 17.1 Å². The third-order valence-electron chi connectivity index (χ3n) is 11.3. The second-order valence-corrected chi connectivity index (χ2v) is 11.9. The fourth-order valence-corrected chi connectivity index (χ4v) is 9.43. The predicted octanol–water partition coefficient (Wildman–Crippen LogP) is 5.57. The number of fused-ring (bicyclic) bond motifs is 5. The van der Waals surface area contributed by atoms with E-state index in [0.29, 0.717) is 23.2 Å². The van der Waals surface area contributed by atoms with Crippen LogP contribution in [0.2, 0.25) is 0 Å². The molecule has 0 aromatic carbocycles. The number of hydrogen-bond acceptors (Lipinski definition) is 3. The Balaban J connectivity index is 1.44. The van der Waals surface area contributed by atoms with Crippen molar-refractivity contribution >= 4 is 0 Å². The minimum Gasteiger partial charge on any atom is -0.389 e. The maximum Gasteiger partial charge on any atom is 0.169 e. The van der Waals surface area contributed by atoms with Gasteiger partial charge in [0, 0.05) is 18.8 Å². The minimum absolute atomic E-state index is 0.0434. The molecule has 4 aliphatic carbocycles. The van der Waals surface area contributed by atoms with Crippen LogP contribution in [0.25, 0.3) is 0 Å². The van der Waals surface area contributed by atoms with Crippen molar-refractivity contribution in [2.75, 3.05) is 13.2 Å². The van der Waals surface area contributed by atoms with E-state index in [2.05, 4.69) is 34.3 Å². The molecule has 29 heavy (non-hydrogen) atoms. The van der Waals surface area contributed by atoms with Crippen molar-refractivity contribution in [1.29, 1.82) is 0 Å². The van der Waals surface area contributed by atoms with Crippen LogP contribution in [0.15, 0.2) is 12.7 Å². The molecule has 0 amide bonds. The van der Waals surface area contributed by atoms with Crippen LogP contribution in [-0.4, -0.2) is 29.7 Å². The zero-order valence-electron chi connectivity index (χ0n) is 19.1. The lowest BCUT2D eigenvalue weighted by atomic mass is 9.42. The topological polar surface area (TPSA) is 38.7 Å². The Kier molecular flexibility index (Phi) is 4.64. The minimum atomic E-state index is -0.574. The Hall–Kier alpha value is -0.380. The molecule has 1 heterocycles. The molecule has 0 aromatic heterocycles. The van der Waals surface area contributed by atoms with Gasteiger partial charge < -0.3 is 14.6 Å². The Bertz CT molecular complexity index is 669. The van der Waals surface area contributed by atoms with Gasteiger partial charge >= 0.3 is 0 Å². The summed E-state index contributed by atoms with van der Waals surface area (Å²) in [5.74, 6) is 3.44. The molecule has 3 heteroatoms. The van der Waals surface area contributed by atoms with Gasteiger partial charge in [0.25, 0.3) is 0 Å². The molecule has 5 rings (SSSR count). The van der Waals surface area contributed by atoms with Crippen molar-refractivity contribution in [3.63, 3.8) is 0 Å². The lowest BCUT2D eigenvalue weighted by Gasteiger charge is -2.64.